The standard InChI is InChI=1S/C16H20N4O2/c1-11-2-4-13(5-3-11)20-15(21)10-14(19-20)16(22)18-12-6-8-17-9-7-12/h2-5,10,12,17,19H,6-9H2,1H3,(H,18,22). The molecule has 1 aromatic heterocycles. The van der Waals surface area contributed by atoms with Crippen LogP contribution < -0.4 is 16.2 Å². The van der Waals surface area contributed by atoms with Crippen molar-refractivity contribution in [2.75, 3.05) is 13.1 Å². The van der Waals surface area contributed by atoms with Crippen molar-refractivity contribution < 1.29 is 4.79 Å². The van der Waals surface area contributed by atoms with Gasteiger partial charge >= 0.3 is 0 Å². The molecule has 2 heterocycles. The van der Waals surface area contributed by atoms with E-state index in [1.165, 1.54) is 10.7 Å². The van der Waals surface area contributed by atoms with Gasteiger partial charge in [0.05, 0.1) is 5.69 Å². The molecule has 3 N–H and O–H groups in total. The van der Waals surface area contributed by atoms with E-state index in [9.17, 15) is 9.59 Å². The number of carbonyl (C=O) groups is 1. The van der Waals surface area contributed by atoms with Crippen LogP contribution in [0.15, 0.2) is 35.1 Å². The van der Waals surface area contributed by atoms with Gasteiger partial charge in [-0.3, -0.25) is 14.7 Å². The van der Waals surface area contributed by atoms with Gasteiger partial charge in [-0.05, 0) is 45.0 Å². The monoisotopic (exact) mass is 300 g/mol. The summed E-state index contributed by atoms with van der Waals surface area (Å²) in [5.41, 5.74) is 1.90. The van der Waals surface area contributed by atoms with Gasteiger partial charge in [-0.2, -0.15) is 0 Å². The first-order valence-electron chi connectivity index (χ1n) is 7.54. The van der Waals surface area contributed by atoms with E-state index in [0.29, 0.717) is 5.69 Å². The molecule has 2 aromatic rings. The number of aryl methyl sites for hydroxylation is 1. The second-order valence-electron chi connectivity index (χ2n) is 5.68. The van der Waals surface area contributed by atoms with Crippen molar-refractivity contribution in [1.82, 2.24) is 20.4 Å². The summed E-state index contributed by atoms with van der Waals surface area (Å²) in [4.78, 5) is 24.3. The van der Waals surface area contributed by atoms with Crippen LogP contribution in [0.3, 0.4) is 0 Å². The van der Waals surface area contributed by atoms with E-state index in [4.69, 9.17) is 0 Å². The third kappa shape index (κ3) is 3.12. The normalized spacial score (nSPS) is 15.7. The molecule has 0 atom stereocenters. The van der Waals surface area contributed by atoms with E-state index < -0.39 is 0 Å². The van der Waals surface area contributed by atoms with Gasteiger partial charge < -0.3 is 10.6 Å². The molecule has 0 bridgehead atoms. The molecule has 22 heavy (non-hydrogen) atoms. The fraction of sp³-hybridized carbons (Fsp3) is 0.375. The zero-order chi connectivity index (χ0) is 15.5. The van der Waals surface area contributed by atoms with Gasteiger partial charge in [0.2, 0.25) is 0 Å². The summed E-state index contributed by atoms with van der Waals surface area (Å²) in [7, 11) is 0. The number of nitrogens with one attached hydrogen (secondary N) is 3. The fourth-order valence-corrected chi connectivity index (χ4v) is 2.63. The van der Waals surface area contributed by atoms with E-state index in [2.05, 4.69) is 15.7 Å². The number of aromatic nitrogens is 2. The second-order valence-corrected chi connectivity index (χ2v) is 5.68. The van der Waals surface area contributed by atoms with Gasteiger partial charge in [-0.25, -0.2) is 4.68 Å². The third-order valence-electron chi connectivity index (χ3n) is 3.93. The van der Waals surface area contributed by atoms with Gasteiger partial charge in [0.25, 0.3) is 11.5 Å². The molecule has 0 aliphatic carbocycles. The number of amides is 1. The summed E-state index contributed by atoms with van der Waals surface area (Å²) in [6.07, 6.45) is 1.82. The highest BCUT2D eigenvalue weighted by Gasteiger charge is 2.18. The first-order chi connectivity index (χ1) is 10.6. The number of benzene rings is 1. The minimum atomic E-state index is -0.237. The zero-order valence-electron chi connectivity index (χ0n) is 12.6. The van der Waals surface area contributed by atoms with Crippen molar-refractivity contribution in [3.8, 4) is 5.69 Å². The van der Waals surface area contributed by atoms with E-state index in [0.717, 1.165) is 37.2 Å². The van der Waals surface area contributed by atoms with Crippen molar-refractivity contribution in [2.45, 2.75) is 25.8 Å². The number of hydrogen-bond acceptors (Lipinski definition) is 3. The molecule has 6 heteroatoms. The van der Waals surface area contributed by atoms with Crippen LogP contribution in [-0.2, 0) is 0 Å². The number of piperidine rings is 1. The van der Waals surface area contributed by atoms with Crippen LogP contribution in [0.2, 0.25) is 0 Å². The van der Waals surface area contributed by atoms with Crippen molar-refractivity contribution in [2.24, 2.45) is 0 Å². The average Bonchev–Trinajstić information content (AvgIpc) is 2.91. The Kier molecular flexibility index (Phi) is 4.11. The predicted molar refractivity (Wildman–Crippen MR) is 84.5 cm³/mol. The lowest BCUT2D eigenvalue weighted by molar-refractivity contribution is 0.0924. The van der Waals surface area contributed by atoms with Crippen molar-refractivity contribution >= 4 is 5.91 Å². The number of aromatic amines is 1. The zero-order valence-corrected chi connectivity index (χ0v) is 12.6. The van der Waals surface area contributed by atoms with Crippen LogP contribution in [-0.4, -0.2) is 34.8 Å². The Bertz CT molecular complexity index is 708. The summed E-state index contributed by atoms with van der Waals surface area (Å²) >= 11 is 0. The molecule has 3 rings (SSSR count). The van der Waals surface area contributed by atoms with Crippen molar-refractivity contribution in [1.29, 1.82) is 0 Å². The van der Waals surface area contributed by atoms with Crippen LogP contribution in [0.25, 0.3) is 5.69 Å². The highest BCUT2D eigenvalue weighted by molar-refractivity contribution is 5.92. The van der Waals surface area contributed by atoms with E-state index >= 15 is 0 Å². The van der Waals surface area contributed by atoms with Gasteiger partial charge in [0, 0.05) is 12.1 Å². The molecular weight excluding hydrogens is 280 g/mol. The first-order valence-corrected chi connectivity index (χ1v) is 7.54. The Balaban J connectivity index is 1.78. The summed E-state index contributed by atoms with van der Waals surface area (Å²) in [6, 6.07) is 9.06. The maximum absolute atomic E-state index is 12.2. The molecule has 0 saturated carbocycles. The van der Waals surface area contributed by atoms with E-state index in [-0.39, 0.29) is 17.5 Å². The highest BCUT2D eigenvalue weighted by Crippen LogP contribution is 2.07. The molecule has 0 spiro atoms. The molecule has 1 amide bonds. The Labute approximate surface area is 128 Å². The summed E-state index contributed by atoms with van der Waals surface area (Å²) < 4.78 is 1.39. The molecule has 0 radical (unpaired) electrons. The van der Waals surface area contributed by atoms with Crippen molar-refractivity contribution in [3.63, 3.8) is 0 Å². The van der Waals surface area contributed by atoms with Crippen LogP contribution in [0, 0.1) is 6.92 Å². The topological polar surface area (TPSA) is 78.9 Å². The van der Waals surface area contributed by atoms with E-state index in [1.807, 2.05) is 31.2 Å². The molecule has 1 aliphatic heterocycles. The van der Waals surface area contributed by atoms with E-state index in [1.54, 1.807) is 0 Å². The second kappa shape index (κ2) is 6.19. The third-order valence-corrected chi connectivity index (χ3v) is 3.93. The summed E-state index contributed by atoms with van der Waals surface area (Å²) in [6.45, 7) is 3.80. The van der Waals surface area contributed by atoms with Crippen LogP contribution >= 0.6 is 0 Å². The lowest BCUT2D eigenvalue weighted by Gasteiger charge is -2.23. The summed E-state index contributed by atoms with van der Waals surface area (Å²) in [5.74, 6) is -0.227. The number of hydrogen-bond donors (Lipinski definition) is 3. The lowest BCUT2D eigenvalue weighted by Crippen LogP contribution is -2.42. The highest BCUT2D eigenvalue weighted by atomic mass is 16.2. The molecule has 1 aliphatic rings. The maximum atomic E-state index is 12.2. The minimum Gasteiger partial charge on any atom is -0.348 e. The molecule has 1 fully saturated rings. The molecule has 0 unspecified atom stereocenters. The Hall–Kier alpha value is -2.34. The molecular formula is C16H20N4O2. The molecule has 6 nitrogen and oxygen atoms in total. The van der Waals surface area contributed by atoms with Crippen molar-refractivity contribution in [3.05, 3.63) is 51.9 Å². The fourth-order valence-electron chi connectivity index (χ4n) is 2.63. The largest absolute Gasteiger partial charge is 0.348 e. The van der Waals surface area contributed by atoms with Crippen LogP contribution in [0.1, 0.15) is 28.9 Å². The Morgan fingerprint density at radius 1 is 1.23 bits per heavy atom. The SMILES string of the molecule is Cc1ccc(-n2[nH]c(C(=O)NC3CCNCC3)cc2=O)cc1. The molecule has 116 valence electrons. The van der Waals surface area contributed by atoms with Gasteiger partial charge in [0.15, 0.2) is 0 Å². The van der Waals surface area contributed by atoms with Gasteiger partial charge in [0.1, 0.15) is 5.69 Å². The maximum Gasteiger partial charge on any atom is 0.271 e. The first kappa shape index (κ1) is 14.6. The summed E-state index contributed by atoms with van der Waals surface area (Å²) in [5, 5.41) is 9.11. The minimum absolute atomic E-state index is 0.167. The van der Waals surface area contributed by atoms with Gasteiger partial charge in [-0.15, -0.1) is 0 Å². The molecule has 1 saturated heterocycles. The quantitative estimate of drug-likeness (QED) is 0.790. The smallest absolute Gasteiger partial charge is 0.271 e. The van der Waals surface area contributed by atoms with Crippen LogP contribution in [0.4, 0.5) is 0 Å². The van der Waals surface area contributed by atoms with Crippen LogP contribution in [0.5, 0.6) is 0 Å². The van der Waals surface area contributed by atoms with Gasteiger partial charge in [-0.1, -0.05) is 17.7 Å². The molecule has 1 aromatic carbocycles. The predicted octanol–water partition coefficient (Wildman–Crippen LogP) is 0.956. The Morgan fingerprint density at radius 2 is 1.91 bits per heavy atom. The number of rotatable bonds is 3. The lowest BCUT2D eigenvalue weighted by atomic mass is 10.1. The Morgan fingerprint density at radius 3 is 2.59 bits per heavy atom. The average molecular weight is 300 g/mol. The number of H-pyrrole nitrogens is 1. The number of carbonyl (C=O) groups excluding carboxylic acids is 1. The number of nitrogens with zero attached hydrogens (tertiary/aromatic N) is 1.